The lowest BCUT2D eigenvalue weighted by Gasteiger charge is -2.25. The molecule has 0 saturated carbocycles. The average Bonchev–Trinajstić information content (AvgIpc) is 2.44. The van der Waals surface area contributed by atoms with Crippen molar-refractivity contribution in [2.45, 2.75) is 32.4 Å². The van der Waals surface area contributed by atoms with Crippen LogP contribution in [0.4, 0.5) is 0 Å². The Kier molecular flexibility index (Phi) is 8.51. The van der Waals surface area contributed by atoms with Crippen molar-refractivity contribution in [3.05, 3.63) is 22.2 Å². The Balaban J connectivity index is 0.00000361. The quantitative estimate of drug-likeness (QED) is 0.808. The van der Waals surface area contributed by atoms with Gasteiger partial charge in [0.2, 0.25) is 0 Å². The van der Waals surface area contributed by atoms with Crippen LogP contribution in [0.5, 0.6) is 11.5 Å². The standard InChI is InChI=1S/C14H22BrNO3.ClH/c1-5-8(2)14(17)13(16)9-6-11(18-3)12(19-4)7-10(9)15;/h6-8,13-14,17H,5,16H2,1-4H3;1H/t8?,13-,14+;/m0./s1. The van der Waals surface area contributed by atoms with Gasteiger partial charge in [-0.15, -0.1) is 12.4 Å². The zero-order valence-electron chi connectivity index (χ0n) is 12.2. The Morgan fingerprint density at radius 2 is 1.75 bits per heavy atom. The number of aliphatic hydroxyl groups is 1. The van der Waals surface area contributed by atoms with Crippen molar-refractivity contribution in [1.82, 2.24) is 0 Å². The van der Waals surface area contributed by atoms with Crippen LogP contribution in [0.1, 0.15) is 31.9 Å². The highest BCUT2D eigenvalue weighted by Gasteiger charge is 2.25. The SMILES string of the molecule is CCC(C)[C@@H](O)[C@@H](N)c1cc(OC)c(OC)cc1Br.Cl. The first-order valence-electron chi connectivity index (χ1n) is 6.31. The van der Waals surface area contributed by atoms with Gasteiger partial charge in [0.05, 0.1) is 26.4 Å². The van der Waals surface area contributed by atoms with Crippen LogP contribution < -0.4 is 15.2 Å². The predicted octanol–water partition coefficient (Wildman–Crippen LogP) is 3.29. The van der Waals surface area contributed by atoms with E-state index >= 15 is 0 Å². The Bertz CT molecular complexity index is 431. The molecule has 1 rings (SSSR count). The van der Waals surface area contributed by atoms with Crippen LogP contribution in [0, 0.1) is 5.92 Å². The van der Waals surface area contributed by atoms with Gasteiger partial charge in [-0.05, 0) is 23.6 Å². The van der Waals surface area contributed by atoms with Gasteiger partial charge in [-0.2, -0.15) is 0 Å². The van der Waals surface area contributed by atoms with Gasteiger partial charge in [0.15, 0.2) is 11.5 Å². The number of hydrogen-bond donors (Lipinski definition) is 2. The molecule has 0 fully saturated rings. The zero-order chi connectivity index (χ0) is 14.6. The number of hydrogen-bond acceptors (Lipinski definition) is 4. The molecule has 20 heavy (non-hydrogen) atoms. The van der Waals surface area contributed by atoms with E-state index in [1.807, 2.05) is 13.8 Å². The van der Waals surface area contributed by atoms with Crippen molar-refractivity contribution in [3.63, 3.8) is 0 Å². The van der Waals surface area contributed by atoms with Gasteiger partial charge in [0, 0.05) is 4.47 Å². The molecule has 0 aromatic heterocycles. The average molecular weight is 369 g/mol. The summed E-state index contributed by atoms with van der Waals surface area (Å²) in [6, 6.07) is 3.14. The summed E-state index contributed by atoms with van der Waals surface area (Å²) in [7, 11) is 3.16. The monoisotopic (exact) mass is 367 g/mol. The van der Waals surface area contributed by atoms with Gasteiger partial charge >= 0.3 is 0 Å². The van der Waals surface area contributed by atoms with Crippen LogP contribution in [0.15, 0.2) is 16.6 Å². The van der Waals surface area contributed by atoms with Crippen LogP contribution in [0.3, 0.4) is 0 Å². The van der Waals surface area contributed by atoms with E-state index in [-0.39, 0.29) is 18.3 Å². The molecule has 116 valence electrons. The molecule has 3 atom stereocenters. The highest BCUT2D eigenvalue weighted by molar-refractivity contribution is 9.10. The lowest BCUT2D eigenvalue weighted by Crippen LogP contribution is -2.31. The van der Waals surface area contributed by atoms with Gasteiger partial charge in [-0.1, -0.05) is 36.2 Å². The molecule has 0 radical (unpaired) electrons. The van der Waals surface area contributed by atoms with Gasteiger partial charge in [-0.3, -0.25) is 0 Å². The summed E-state index contributed by atoms with van der Waals surface area (Å²) in [6.45, 7) is 4.02. The lowest BCUT2D eigenvalue weighted by atomic mass is 9.91. The van der Waals surface area contributed by atoms with E-state index in [1.54, 1.807) is 26.4 Å². The third-order valence-corrected chi connectivity index (χ3v) is 4.14. The van der Waals surface area contributed by atoms with Gasteiger partial charge in [0.25, 0.3) is 0 Å². The van der Waals surface area contributed by atoms with Crippen molar-refractivity contribution in [2.24, 2.45) is 11.7 Å². The summed E-state index contributed by atoms with van der Waals surface area (Å²) >= 11 is 3.46. The molecule has 1 aromatic carbocycles. The smallest absolute Gasteiger partial charge is 0.161 e. The van der Waals surface area contributed by atoms with Crippen molar-refractivity contribution >= 4 is 28.3 Å². The molecule has 1 aromatic rings. The maximum Gasteiger partial charge on any atom is 0.161 e. The van der Waals surface area contributed by atoms with Gasteiger partial charge in [-0.25, -0.2) is 0 Å². The third kappa shape index (κ3) is 4.25. The topological polar surface area (TPSA) is 64.7 Å². The molecular weight excluding hydrogens is 346 g/mol. The van der Waals surface area contributed by atoms with Crippen molar-refractivity contribution < 1.29 is 14.6 Å². The fourth-order valence-corrected chi connectivity index (χ4v) is 2.49. The van der Waals surface area contributed by atoms with E-state index in [2.05, 4.69) is 15.9 Å². The van der Waals surface area contributed by atoms with Crippen molar-refractivity contribution in [3.8, 4) is 11.5 Å². The Morgan fingerprint density at radius 3 is 2.20 bits per heavy atom. The molecule has 0 bridgehead atoms. The fourth-order valence-electron chi connectivity index (χ4n) is 1.90. The van der Waals surface area contributed by atoms with E-state index < -0.39 is 12.1 Å². The first-order chi connectivity index (χ1) is 8.96. The lowest BCUT2D eigenvalue weighted by molar-refractivity contribution is 0.0876. The number of nitrogens with two attached hydrogens (primary N) is 1. The second kappa shape index (κ2) is 8.72. The summed E-state index contributed by atoms with van der Waals surface area (Å²) in [5, 5.41) is 10.2. The maximum atomic E-state index is 10.2. The van der Waals surface area contributed by atoms with E-state index in [1.165, 1.54) is 0 Å². The summed E-state index contributed by atoms with van der Waals surface area (Å²) in [4.78, 5) is 0. The summed E-state index contributed by atoms with van der Waals surface area (Å²) < 4.78 is 11.3. The minimum atomic E-state index is -0.598. The predicted molar refractivity (Wildman–Crippen MR) is 86.9 cm³/mol. The van der Waals surface area contributed by atoms with Crippen LogP contribution in [0.25, 0.3) is 0 Å². The van der Waals surface area contributed by atoms with E-state index in [0.717, 1.165) is 16.5 Å². The molecule has 3 N–H and O–H groups in total. The Morgan fingerprint density at radius 1 is 1.25 bits per heavy atom. The van der Waals surface area contributed by atoms with E-state index in [4.69, 9.17) is 15.2 Å². The third-order valence-electron chi connectivity index (χ3n) is 3.46. The number of benzene rings is 1. The zero-order valence-corrected chi connectivity index (χ0v) is 14.6. The number of halogens is 2. The summed E-state index contributed by atoms with van der Waals surface area (Å²) in [6.07, 6.45) is 0.277. The molecule has 4 nitrogen and oxygen atoms in total. The largest absolute Gasteiger partial charge is 0.493 e. The summed E-state index contributed by atoms with van der Waals surface area (Å²) in [5.41, 5.74) is 6.97. The Labute approximate surface area is 135 Å². The highest BCUT2D eigenvalue weighted by Crippen LogP contribution is 2.37. The van der Waals surface area contributed by atoms with Gasteiger partial charge in [0.1, 0.15) is 0 Å². The molecule has 0 spiro atoms. The highest BCUT2D eigenvalue weighted by atomic mass is 79.9. The molecule has 0 amide bonds. The van der Waals surface area contributed by atoms with Crippen LogP contribution >= 0.6 is 28.3 Å². The minimum absolute atomic E-state index is 0. The molecule has 0 saturated heterocycles. The van der Waals surface area contributed by atoms with Crippen LogP contribution in [-0.2, 0) is 0 Å². The number of rotatable bonds is 6. The van der Waals surface area contributed by atoms with Crippen molar-refractivity contribution in [1.29, 1.82) is 0 Å². The molecule has 0 aliphatic heterocycles. The second-order valence-electron chi connectivity index (χ2n) is 4.63. The van der Waals surface area contributed by atoms with Crippen molar-refractivity contribution in [2.75, 3.05) is 14.2 Å². The molecule has 0 aliphatic carbocycles. The minimum Gasteiger partial charge on any atom is -0.493 e. The maximum absolute atomic E-state index is 10.2. The van der Waals surface area contributed by atoms with E-state index in [9.17, 15) is 5.11 Å². The summed E-state index contributed by atoms with van der Waals surface area (Å²) in [5.74, 6) is 1.37. The number of aliphatic hydroxyl groups excluding tert-OH is 1. The molecule has 1 unspecified atom stereocenters. The van der Waals surface area contributed by atoms with Gasteiger partial charge < -0.3 is 20.3 Å². The fraction of sp³-hybridized carbons (Fsp3) is 0.571. The number of ether oxygens (including phenoxy) is 2. The van der Waals surface area contributed by atoms with Crippen LogP contribution in [0.2, 0.25) is 0 Å². The molecule has 0 heterocycles. The molecule has 6 heteroatoms. The Hall–Kier alpha value is -0.490. The second-order valence-corrected chi connectivity index (χ2v) is 5.48. The van der Waals surface area contributed by atoms with Crippen LogP contribution in [-0.4, -0.2) is 25.4 Å². The first-order valence-corrected chi connectivity index (χ1v) is 7.10. The van der Waals surface area contributed by atoms with E-state index in [0.29, 0.717) is 11.5 Å². The first kappa shape index (κ1) is 19.5. The molecule has 0 aliphatic rings. The normalized spacial score (nSPS) is 14.9. The number of methoxy groups -OCH3 is 2. The molecular formula is C14H23BrClNO3.